The third kappa shape index (κ3) is 5.08. The molecule has 272 valence electrons. The van der Waals surface area contributed by atoms with E-state index in [4.69, 9.17) is 0 Å². The van der Waals surface area contributed by atoms with Crippen molar-refractivity contribution in [1.29, 1.82) is 0 Å². The van der Waals surface area contributed by atoms with E-state index in [0.29, 0.717) is 0 Å². The Morgan fingerprint density at radius 3 is 1.47 bits per heavy atom. The summed E-state index contributed by atoms with van der Waals surface area (Å²) in [6, 6.07) is 70.3. The summed E-state index contributed by atoms with van der Waals surface area (Å²) in [6.45, 7) is 9.50. The molecule has 0 saturated heterocycles. The summed E-state index contributed by atoms with van der Waals surface area (Å²) in [6.07, 6.45) is 0. The predicted octanol–water partition coefficient (Wildman–Crippen LogP) is 15.4. The quantitative estimate of drug-likeness (QED) is 0.170. The maximum atomic E-state index is 2.52. The molecule has 9 aromatic carbocycles. The van der Waals surface area contributed by atoms with E-state index in [1.807, 2.05) is 0 Å². The Morgan fingerprint density at radius 1 is 0.316 bits per heavy atom. The second-order valence-corrected chi connectivity index (χ2v) is 17.0. The second-order valence-electron chi connectivity index (χ2n) is 17.0. The fourth-order valence-electron chi connectivity index (χ4n) is 10.1. The van der Waals surface area contributed by atoms with Crippen LogP contribution >= 0.6 is 0 Å². The highest BCUT2D eigenvalue weighted by Gasteiger charge is 2.38. The fraction of sp³-hybridized carbons (Fsp3) is 0.107. The molecule has 57 heavy (non-hydrogen) atoms. The van der Waals surface area contributed by atoms with Crippen molar-refractivity contribution in [2.24, 2.45) is 0 Å². The van der Waals surface area contributed by atoms with Gasteiger partial charge in [-0.3, -0.25) is 0 Å². The van der Waals surface area contributed by atoms with Gasteiger partial charge in [-0.15, -0.1) is 0 Å². The SMILES string of the molecule is CC1(C)c2ccccc2-c2ccc(N(c3ccc4c(c3)C(C)(C)c3ccccc3-4)c3ccc(-c4cccc5ccccc45)cc3-c3ccc4ccccc4c3)cc21. The first-order valence-corrected chi connectivity index (χ1v) is 20.2. The van der Waals surface area contributed by atoms with Gasteiger partial charge in [0.15, 0.2) is 0 Å². The summed E-state index contributed by atoms with van der Waals surface area (Å²) < 4.78 is 0. The van der Waals surface area contributed by atoms with Crippen molar-refractivity contribution in [3.8, 4) is 44.5 Å². The van der Waals surface area contributed by atoms with Gasteiger partial charge in [0.05, 0.1) is 5.69 Å². The number of nitrogens with zero attached hydrogens (tertiary/aromatic N) is 1. The van der Waals surface area contributed by atoms with E-state index >= 15 is 0 Å². The third-order valence-electron chi connectivity index (χ3n) is 13.0. The lowest BCUT2D eigenvalue weighted by Gasteiger charge is -2.31. The van der Waals surface area contributed by atoms with Gasteiger partial charge in [-0.2, -0.15) is 0 Å². The van der Waals surface area contributed by atoms with Crippen LogP contribution in [0.3, 0.4) is 0 Å². The molecule has 0 unspecified atom stereocenters. The van der Waals surface area contributed by atoms with Crippen molar-refractivity contribution in [3.63, 3.8) is 0 Å². The zero-order valence-electron chi connectivity index (χ0n) is 32.8. The van der Waals surface area contributed by atoms with E-state index in [9.17, 15) is 0 Å². The lowest BCUT2D eigenvalue weighted by molar-refractivity contribution is 0.660. The highest BCUT2D eigenvalue weighted by atomic mass is 15.1. The minimum atomic E-state index is -0.130. The minimum Gasteiger partial charge on any atom is -0.310 e. The van der Waals surface area contributed by atoms with Crippen molar-refractivity contribution >= 4 is 38.6 Å². The Hall–Kier alpha value is -6.70. The number of anilines is 3. The van der Waals surface area contributed by atoms with Crippen molar-refractivity contribution in [2.45, 2.75) is 38.5 Å². The monoisotopic (exact) mass is 729 g/mol. The molecule has 0 amide bonds. The zero-order chi connectivity index (χ0) is 38.5. The number of hydrogen-bond acceptors (Lipinski definition) is 1. The Kier molecular flexibility index (Phi) is 7.32. The summed E-state index contributed by atoms with van der Waals surface area (Å²) in [5.74, 6) is 0. The lowest BCUT2D eigenvalue weighted by Crippen LogP contribution is -2.18. The molecule has 0 heterocycles. The molecule has 0 atom stereocenters. The number of hydrogen-bond donors (Lipinski definition) is 0. The van der Waals surface area contributed by atoms with Crippen LogP contribution in [-0.4, -0.2) is 0 Å². The van der Waals surface area contributed by atoms with Crippen molar-refractivity contribution in [1.82, 2.24) is 0 Å². The highest BCUT2D eigenvalue weighted by molar-refractivity contribution is 6.00. The fourth-order valence-corrected chi connectivity index (χ4v) is 10.1. The van der Waals surface area contributed by atoms with Gasteiger partial charge < -0.3 is 4.90 Å². The first-order chi connectivity index (χ1) is 27.8. The second kappa shape index (κ2) is 12.4. The summed E-state index contributed by atoms with van der Waals surface area (Å²) >= 11 is 0. The summed E-state index contributed by atoms with van der Waals surface area (Å²) in [4.78, 5) is 2.52. The molecule has 0 bridgehead atoms. The van der Waals surface area contributed by atoms with E-state index in [-0.39, 0.29) is 10.8 Å². The van der Waals surface area contributed by atoms with Gasteiger partial charge >= 0.3 is 0 Å². The summed E-state index contributed by atoms with van der Waals surface area (Å²) in [7, 11) is 0. The Bertz CT molecular complexity index is 2980. The summed E-state index contributed by atoms with van der Waals surface area (Å²) in [5.41, 5.74) is 18.8. The number of rotatable bonds is 5. The number of fused-ring (bicyclic) bond motifs is 8. The molecule has 0 fully saturated rings. The van der Waals surface area contributed by atoms with Gasteiger partial charge in [0.1, 0.15) is 0 Å². The minimum absolute atomic E-state index is 0.130. The van der Waals surface area contributed by atoms with E-state index in [1.54, 1.807) is 0 Å². The Labute approximate surface area is 335 Å². The smallest absolute Gasteiger partial charge is 0.0540 e. The molecular formula is C56H43N. The van der Waals surface area contributed by atoms with Crippen LogP contribution in [0.5, 0.6) is 0 Å². The van der Waals surface area contributed by atoms with E-state index in [1.165, 1.54) is 88.3 Å². The molecule has 0 aromatic heterocycles. The Balaban J connectivity index is 1.18. The first kappa shape index (κ1) is 33.6. The topological polar surface area (TPSA) is 3.24 Å². The highest BCUT2D eigenvalue weighted by Crippen LogP contribution is 2.54. The van der Waals surface area contributed by atoms with Crippen LogP contribution in [0, 0.1) is 0 Å². The van der Waals surface area contributed by atoms with Crippen LogP contribution < -0.4 is 4.90 Å². The maximum absolute atomic E-state index is 2.52. The van der Waals surface area contributed by atoms with Gasteiger partial charge in [0.2, 0.25) is 0 Å². The average molecular weight is 730 g/mol. The van der Waals surface area contributed by atoms with Crippen LogP contribution in [0.2, 0.25) is 0 Å². The third-order valence-corrected chi connectivity index (χ3v) is 13.0. The van der Waals surface area contributed by atoms with E-state index in [0.717, 1.165) is 17.1 Å². The standard InChI is InChI=1S/C56H43N/c1-55(2)50-22-11-9-19-45(50)47-29-27-41(34-52(47)55)57(42-28-30-48-46-20-10-12-23-51(46)56(3,4)53(48)35-42)54-31-26-40(44-21-13-17-37-15-7-8-18-43(37)44)33-49(54)39-25-24-36-14-5-6-16-38(36)32-39/h5-35H,1-4H3. The predicted molar refractivity (Wildman–Crippen MR) is 242 cm³/mol. The largest absolute Gasteiger partial charge is 0.310 e. The zero-order valence-corrected chi connectivity index (χ0v) is 32.8. The van der Waals surface area contributed by atoms with Gasteiger partial charge in [0.25, 0.3) is 0 Å². The molecule has 0 N–H and O–H groups in total. The molecule has 0 saturated carbocycles. The molecule has 0 radical (unpaired) electrons. The van der Waals surface area contributed by atoms with Crippen LogP contribution in [0.4, 0.5) is 17.1 Å². The molecular weight excluding hydrogens is 687 g/mol. The van der Waals surface area contributed by atoms with Crippen LogP contribution in [0.15, 0.2) is 188 Å². The van der Waals surface area contributed by atoms with Gasteiger partial charge in [0, 0.05) is 27.8 Å². The molecule has 11 rings (SSSR count). The molecule has 9 aromatic rings. The van der Waals surface area contributed by atoms with Crippen molar-refractivity contribution in [2.75, 3.05) is 4.90 Å². The Morgan fingerprint density at radius 2 is 0.807 bits per heavy atom. The van der Waals surface area contributed by atoms with Gasteiger partial charge in [-0.1, -0.05) is 173 Å². The van der Waals surface area contributed by atoms with Gasteiger partial charge in [-0.25, -0.2) is 0 Å². The molecule has 2 aliphatic carbocycles. The molecule has 0 spiro atoms. The van der Waals surface area contributed by atoms with Crippen molar-refractivity contribution in [3.05, 3.63) is 210 Å². The lowest BCUT2D eigenvalue weighted by atomic mass is 9.82. The first-order valence-electron chi connectivity index (χ1n) is 20.2. The molecule has 1 nitrogen and oxygen atoms in total. The normalized spacial score (nSPS) is 14.2. The van der Waals surface area contributed by atoms with Crippen molar-refractivity contribution < 1.29 is 0 Å². The van der Waals surface area contributed by atoms with E-state index in [2.05, 4.69) is 221 Å². The van der Waals surface area contributed by atoms with Crippen LogP contribution in [0.25, 0.3) is 66.1 Å². The van der Waals surface area contributed by atoms with Crippen LogP contribution in [-0.2, 0) is 10.8 Å². The van der Waals surface area contributed by atoms with Gasteiger partial charge in [-0.05, 0) is 125 Å². The summed E-state index contributed by atoms with van der Waals surface area (Å²) in [5, 5.41) is 4.98. The number of benzene rings is 9. The van der Waals surface area contributed by atoms with E-state index < -0.39 is 0 Å². The maximum Gasteiger partial charge on any atom is 0.0540 e. The molecule has 0 aliphatic heterocycles. The molecule has 2 aliphatic rings. The van der Waals surface area contributed by atoms with Crippen LogP contribution in [0.1, 0.15) is 49.9 Å². The average Bonchev–Trinajstić information content (AvgIpc) is 3.62. The molecule has 1 heteroatoms.